The van der Waals surface area contributed by atoms with Gasteiger partial charge in [-0.3, -0.25) is 0 Å². The summed E-state index contributed by atoms with van der Waals surface area (Å²) in [4.78, 5) is 0. The molecule has 2 rings (SSSR count). The Balaban J connectivity index is 2.11. The number of hydrogen-bond acceptors (Lipinski definition) is 1. The first-order chi connectivity index (χ1) is 8.15. The molecule has 2 aromatic rings. The van der Waals surface area contributed by atoms with Crippen molar-refractivity contribution in [3.8, 4) is 0 Å². The van der Waals surface area contributed by atoms with E-state index >= 15 is 0 Å². The highest BCUT2D eigenvalue weighted by atomic mass is 127. The number of rotatable bonds is 3. The van der Waals surface area contributed by atoms with Gasteiger partial charge in [0.2, 0.25) is 0 Å². The van der Waals surface area contributed by atoms with Crippen LogP contribution in [0.1, 0.15) is 22.8 Å². The van der Waals surface area contributed by atoms with E-state index in [-0.39, 0.29) is 0 Å². The second-order valence-corrected chi connectivity index (χ2v) is 5.51. The van der Waals surface area contributed by atoms with Gasteiger partial charge in [0.25, 0.3) is 0 Å². The fourth-order valence-corrected chi connectivity index (χ4v) is 2.35. The van der Waals surface area contributed by atoms with Gasteiger partial charge in [-0.25, -0.2) is 0 Å². The fraction of sp³-hybridized carbons (Fsp3) is 0.200. The number of aliphatic hydroxyl groups is 1. The minimum atomic E-state index is -0.424. The third-order valence-corrected chi connectivity index (χ3v) is 3.45. The second kappa shape index (κ2) is 5.65. The summed E-state index contributed by atoms with van der Waals surface area (Å²) in [5, 5.41) is 10.2. The number of hydrogen-bond donors (Lipinski definition) is 1. The summed E-state index contributed by atoms with van der Waals surface area (Å²) in [6.07, 6.45) is 0.243. The first kappa shape index (κ1) is 12.6. The topological polar surface area (TPSA) is 20.2 Å². The Bertz CT molecular complexity index is 491. The van der Waals surface area contributed by atoms with Crippen LogP contribution in [0.25, 0.3) is 0 Å². The third kappa shape index (κ3) is 3.54. The summed E-state index contributed by atoms with van der Waals surface area (Å²) < 4.78 is 1.16. The quantitative estimate of drug-likeness (QED) is 0.843. The standard InChI is InChI=1S/C15H15IO/c1-11-5-7-12(8-6-11)9-15(17)13-3-2-4-14(16)10-13/h2-8,10,15,17H,9H2,1H3. The Kier molecular flexibility index (Phi) is 4.18. The summed E-state index contributed by atoms with van der Waals surface area (Å²) in [5.74, 6) is 0. The first-order valence-electron chi connectivity index (χ1n) is 5.64. The van der Waals surface area contributed by atoms with Crippen molar-refractivity contribution in [2.45, 2.75) is 19.4 Å². The molecular weight excluding hydrogens is 323 g/mol. The van der Waals surface area contributed by atoms with Gasteiger partial charge in [0.1, 0.15) is 0 Å². The molecule has 2 aromatic carbocycles. The summed E-state index contributed by atoms with van der Waals surface area (Å²) in [6.45, 7) is 2.07. The molecule has 0 aliphatic rings. The number of benzene rings is 2. The molecular formula is C15H15IO. The van der Waals surface area contributed by atoms with Gasteiger partial charge in [0.05, 0.1) is 6.10 Å². The van der Waals surface area contributed by atoms with Gasteiger partial charge in [-0.05, 0) is 52.8 Å². The molecule has 0 aromatic heterocycles. The number of aryl methyl sites for hydroxylation is 1. The van der Waals surface area contributed by atoms with Crippen LogP contribution >= 0.6 is 22.6 Å². The highest BCUT2D eigenvalue weighted by molar-refractivity contribution is 14.1. The van der Waals surface area contributed by atoms with Crippen LogP contribution in [0, 0.1) is 10.5 Å². The number of halogens is 1. The molecule has 2 heteroatoms. The normalized spacial score (nSPS) is 12.4. The third-order valence-electron chi connectivity index (χ3n) is 2.78. The van der Waals surface area contributed by atoms with E-state index in [1.807, 2.05) is 24.3 Å². The van der Waals surface area contributed by atoms with E-state index in [0.29, 0.717) is 6.42 Å². The molecule has 0 saturated carbocycles. The Hall–Kier alpha value is -0.870. The van der Waals surface area contributed by atoms with Crippen molar-refractivity contribution in [1.82, 2.24) is 0 Å². The maximum atomic E-state index is 10.2. The molecule has 0 bridgehead atoms. The molecule has 0 fully saturated rings. The van der Waals surface area contributed by atoms with Gasteiger partial charge in [-0.15, -0.1) is 0 Å². The van der Waals surface area contributed by atoms with E-state index in [2.05, 4.69) is 53.8 Å². The molecule has 0 aliphatic heterocycles. The minimum Gasteiger partial charge on any atom is -0.388 e. The van der Waals surface area contributed by atoms with Crippen molar-refractivity contribution in [3.05, 3.63) is 68.8 Å². The molecule has 0 spiro atoms. The van der Waals surface area contributed by atoms with Crippen molar-refractivity contribution in [3.63, 3.8) is 0 Å². The zero-order valence-electron chi connectivity index (χ0n) is 9.73. The van der Waals surface area contributed by atoms with Gasteiger partial charge >= 0.3 is 0 Å². The average molecular weight is 338 g/mol. The zero-order chi connectivity index (χ0) is 12.3. The van der Waals surface area contributed by atoms with Gasteiger partial charge in [0, 0.05) is 9.99 Å². The molecule has 1 atom stereocenters. The van der Waals surface area contributed by atoms with Crippen LogP contribution in [0.15, 0.2) is 48.5 Å². The van der Waals surface area contributed by atoms with Crippen LogP contribution < -0.4 is 0 Å². The van der Waals surface area contributed by atoms with Gasteiger partial charge in [-0.2, -0.15) is 0 Å². The molecule has 0 radical (unpaired) electrons. The van der Waals surface area contributed by atoms with Crippen LogP contribution in [0.3, 0.4) is 0 Å². The van der Waals surface area contributed by atoms with Crippen molar-refractivity contribution >= 4 is 22.6 Å². The van der Waals surface area contributed by atoms with Crippen LogP contribution in [0.5, 0.6) is 0 Å². The van der Waals surface area contributed by atoms with Crippen LogP contribution in [-0.4, -0.2) is 5.11 Å². The molecule has 88 valence electrons. The highest BCUT2D eigenvalue weighted by Gasteiger charge is 2.08. The molecule has 0 heterocycles. The highest BCUT2D eigenvalue weighted by Crippen LogP contribution is 2.20. The van der Waals surface area contributed by atoms with E-state index in [9.17, 15) is 5.11 Å². The van der Waals surface area contributed by atoms with Gasteiger partial charge in [-0.1, -0.05) is 42.0 Å². The van der Waals surface area contributed by atoms with Crippen LogP contribution in [-0.2, 0) is 6.42 Å². The Labute approximate surface area is 116 Å². The first-order valence-corrected chi connectivity index (χ1v) is 6.72. The van der Waals surface area contributed by atoms with Crippen LogP contribution in [0.2, 0.25) is 0 Å². The molecule has 0 saturated heterocycles. The zero-order valence-corrected chi connectivity index (χ0v) is 11.9. The van der Waals surface area contributed by atoms with Crippen molar-refractivity contribution in [1.29, 1.82) is 0 Å². The van der Waals surface area contributed by atoms with Crippen molar-refractivity contribution in [2.75, 3.05) is 0 Å². The monoisotopic (exact) mass is 338 g/mol. The van der Waals surface area contributed by atoms with E-state index in [1.165, 1.54) is 11.1 Å². The maximum absolute atomic E-state index is 10.2. The lowest BCUT2D eigenvalue weighted by Crippen LogP contribution is -2.01. The lowest BCUT2D eigenvalue weighted by molar-refractivity contribution is 0.178. The van der Waals surface area contributed by atoms with E-state index < -0.39 is 6.10 Å². The average Bonchev–Trinajstić information content (AvgIpc) is 2.32. The Morgan fingerprint density at radius 3 is 2.47 bits per heavy atom. The second-order valence-electron chi connectivity index (χ2n) is 4.26. The smallest absolute Gasteiger partial charge is 0.0830 e. The lowest BCUT2D eigenvalue weighted by Gasteiger charge is -2.11. The molecule has 1 N–H and O–H groups in total. The van der Waals surface area contributed by atoms with E-state index in [4.69, 9.17) is 0 Å². The lowest BCUT2D eigenvalue weighted by atomic mass is 10.0. The summed E-state index contributed by atoms with van der Waals surface area (Å²) in [6, 6.07) is 16.3. The predicted octanol–water partition coefficient (Wildman–Crippen LogP) is 3.88. The van der Waals surface area contributed by atoms with E-state index in [0.717, 1.165) is 9.13 Å². The predicted molar refractivity (Wildman–Crippen MR) is 79.0 cm³/mol. The summed E-state index contributed by atoms with van der Waals surface area (Å²) >= 11 is 2.26. The van der Waals surface area contributed by atoms with Gasteiger partial charge < -0.3 is 5.11 Å². The van der Waals surface area contributed by atoms with Crippen molar-refractivity contribution < 1.29 is 5.11 Å². The SMILES string of the molecule is Cc1ccc(CC(O)c2cccc(I)c2)cc1. The summed E-state index contributed by atoms with van der Waals surface area (Å²) in [5.41, 5.74) is 3.40. The largest absolute Gasteiger partial charge is 0.388 e. The Morgan fingerprint density at radius 1 is 1.12 bits per heavy atom. The Morgan fingerprint density at radius 2 is 1.82 bits per heavy atom. The molecule has 17 heavy (non-hydrogen) atoms. The molecule has 0 aliphatic carbocycles. The van der Waals surface area contributed by atoms with E-state index in [1.54, 1.807) is 0 Å². The van der Waals surface area contributed by atoms with Crippen LogP contribution in [0.4, 0.5) is 0 Å². The minimum absolute atomic E-state index is 0.424. The van der Waals surface area contributed by atoms with Crippen molar-refractivity contribution in [2.24, 2.45) is 0 Å². The summed E-state index contributed by atoms with van der Waals surface area (Å²) in [7, 11) is 0. The van der Waals surface area contributed by atoms with Gasteiger partial charge in [0.15, 0.2) is 0 Å². The maximum Gasteiger partial charge on any atom is 0.0830 e. The fourth-order valence-electron chi connectivity index (χ4n) is 1.78. The molecule has 0 amide bonds. The molecule has 1 nitrogen and oxygen atoms in total. The molecule has 1 unspecified atom stereocenters. The number of aliphatic hydroxyl groups excluding tert-OH is 1.